The number of anilines is 1. The molecule has 2 amide bonds. The topological polar surface area (TPSA) is 114 Å². The van der Waals surface area contributed by atoms with Gasteiger partial charge in [-0.2, -0.15) is 0 Å². The van der Waals surface area contributed by atoms with Gasteiger partial charge in [-0.15, -0.1) is 0 Å². The summed E-state index contributed by atoms with van der Waals surface area (Å²) >= 11 is 0. The maximum atomic E-state index is 13.7. The first-order valence-corrected chi connectivity index (χ1v) is 13.3. The molecule has 2 aromatic carbocycles. The fraction of sp³-hybridized carbons (Fsp3) is 0.440. The second-order valence-electron chi connectivity index (χ2n) is 8.00. The zero-order chi connectivity index (χ0) is 26.9. The number of likely N-dealkylation sites (N-methyl/N-ethyl adjacent to an activating group) is 1. The standard InChI is InChI=1S/C25H35N3O7S/c1-7-21(25(30)26-8-2)27(16-18-9-11-19(33-3)12-10-18)24(29)17-28(36(6,31)32)22-14-13-20(34-4)15-23(22)35-5/h9-15,21H,7-8,16-17H2,1-6H3,(H,26,30). The van der Waals surface area contributed by atoms with E-state index in [1.807, 2.05) is 0 Å². The number of nitrogens with one attached hydrogen (secondary N) is 1. The lowest BCUT2D eigenvalue weighted by atomic mass is 10.1. The lowest BCUT2D eigenvalue weighted by Gasteiger charge is -2.33. The first kappa shape index (κ1) is 28.8. The van der Waals surface area contributed by atoms with Crippen molar-refractivity contribution in [3.63, 3.8) is 0 Å². The Morgan fingerprint density at radius 1 is 0.944 bits per heavy atom. The summed E-state index contributed by atoms with van der Waals surface area (Å²) in [4.78, 5) is 27.9. The average molecular weight is 522 g/mol. The molecule has 2 rings (SSSR count). The molecule has 1 atom stereocenters. The predicted octanol–water partition coefficient (Wildman–Crippen LogP) is 2.42. The Balaban J connectivity index is 2.49. The molecule has 0 heterocycles. The van der Waals surface area contributed by atoms with Crippen LogP contribution in [0.5, 0.6) is 17.2 Å². The van der Waals surface area contributed by atoms with Crippen LogP contribution in [0.3, 0.4) is 0 Å². The Labute approximate surface area is 213 Å². The van der Waals surface area contributed by atoms with Crippen LogP contribution < -0.4 is 23.8 Å². The smallest absolute Gasteiger partial charge is 0.244 e. The van der Waals surface area contributed by atoms with Crippen molar-refractivity contribution in [1.82, 2.24) is 10.2 Å². The van der Waals surface area contributed by atoms with E-state index in [0.29, 0.717) is 24.5 Å². The number of ether oxygens (including phenoxy) is 3. The molecule has 0 aliphatic carbocycles. The molecule has 0 aromatic heterocycles. The monoisotopic (exact) mass is 521 g/mol. The van der Waals surface area contributed by atoms with Gasteiger partial charge in [0, 0.05) is 19.2 Å². The zero-order valence-electron chi connectivity index (χ0n) is 21.6. The molecule has 198 valence electrons. The van der Waals surface area contributed by atoms with Crippen LogP contribution in [0.25, 0.3) is 0 Å². The van der Waals surface area contributed by atoms with Crippen LogP contribution in [0.1, 0.15) is 25.8 Å². The van der Waals surface area contributed by atoms with E-state index in [0.717, 1.165) is 16.1 Å². The molecule has 0 radical (unpaired) electrons. The molecule has 0 aliphatic heterocycles. The predicted molar refractivity (Wildman–Crippen MR) is 138 cm³/mol. The van der Waals surface area contributed by atoms with E-state index in [9.17, 15) is 18.0 Å². The molecule has 1 N–H and O–H groups in total. The molecular formula is C25H35N3O7S. The number of benzene rings is 2. The Morgan fingerprint density at radius 3 is 2.06 bits per heavy atom. The summed E-state index contributed by atoms with van der Waals surface area (Å²) in [7, 11) is 0.544. The number of rotatable bonds is 13. The number of sulfonamides is 1. The van der Waals surface area contributed by atoms with Gasteiger partial charge >= 0.3 is 0 Å². The maximum Gasteiger partial charge on any atom is 0.244 e. The number of carbonyl (C=O) groups is 2. The van der Waals surface area contributed by atoms with Crippen molar-refractivity contribution in [3.05, 3.63) is 48.0 Å². The van der Waals surface area contributed by atoms with Gasteiger partial charge in [-0.25, -0.2) is 8.42 Å². The van der Waals surface area contributed by atoms with Gasteiger partial charge < -0.3 is 24.4 Å². The van der Waals surface area contributed by atoms with E-state index >= 15 is 0 Å². The van der Waals surface area contributed by atoms with Crippen LogP contribution in [-0.4, -0.2) is 71.8 Å². The van der Waals surface area contributed by atoms with Crippen molar-refractivity contribution < 1.29 is 32.2 Å². The van der Waals surface area contributed by atoms with E-state index in [1.54, 1.807) is 51.3 Å². The summed E-state index contributed by atoms with van der Waals surface area (Å²) in [5.74, 6) is 0.507. The fourth-order valence-corrected chi connectivity index (χ4v) is 4.58. The van der Waals surface area contributed by atoms with Crippen LogP contribution in [0.2, 0.25) is 0 Å². The summed E-state index contributed by atoms with van der Waals surface area (Å²) in [5, 5.41) is 2.76. The first-order chi connectivity index (χ1) is 17.1. The lowest BCUT2D eigenvalue weighted by Crippen LogP contribution is -2.52. The molecule has 0 fully saturated rings. The van der Waals surface area contributed by atoms with Crippen LogP contribution in [0, 0.1) is 0 Å². The van der Waals surface area contributed by atoms with Crippen LogP contribution in [0.4, 0.5) is 5.69 Å². The van der Waals surface area contributed by atoms with Gasteiger partial charge in [-0.05, 0) is 43.2 Å². The van der Waals surface area contributed by atoms with E-state index in [4.69, 9.17) is 14.2 Å². The summed E-state index contributed by atoms with van der Waals surface area (Å²) in [6, 6.07) is 11.0. The van der Waals surface area contributed by atoms with Gasteiger partial charge in [0.15, 0.2) is 0 Å². The van der Waals surface area contributed by atoms with E-state index in [-0.39, 0.29) is 23.9 Å². The van der Waals surface area contributed by atoms with Gasteiger partial charge in [-0.1, -0.05) is 19.1 Å². The Kier molecular flexibility index (Phi) is 10.4. The van der Waals surface area contributed by atoms with Crippen molar-refractivity contribution in [1.29, 1.82) is 0 Å². The molecule has 10 nitrogen and oxygen atoms in total. The summed E-state index contributed by atoms with van der Waals surface area (Å²) in [6.45, 7) is 3.58. The fourth-order valence-electron chi connectivity index (χ4n) is 3.72. The molecule has 0 aliphatic rings. The van der Waals surface area contributed by atoms with Gasteiger partial charge in [0.2, 0.25) is 21.8 Å². The summed E-state index contributed by atoms with van der Waals surface area (Å²) in [6.07, 6.45) is 1.36. The minimum Gasteiger partial charge on any atom is -0.497 e. The minimum absolute atomic E-state index is 0.107. The van der Waals surface area contributed by atoms with E-state index in [1.165, 1.54) is 31.3 Å². The second kappa shape index (κ2) is 13.0. The average Bonchev–Trinajstić information content (AvgIpc) is 2.86. The lowest BCUT2D eigenvalue weighted by molar-refractivity contribution is -0.140. The second-order valence-corrected chi connectivity index (χ2v) is 9.90. The number of hydrogen-bond acceptors (Lipinski definition) is 7. The molecule has 0 saturated heterocycles. The molecule has 0 bridgehead atoms. The highest BCUT2D eigenvalue weighted by Crippen LogP contribution is 2.33. The molecular weight excluding hydrogens is 486 g/mol. The molecule has 2 aromatic rings. The molecule has 1 unspecified atom stereocenters. The quantitative estimate of drug-likeness (QED) is 0.431. The highest BCUT2D eigenvalue weighted by molar-refractivity contribution is 7.92. The van der Waals surface area contributed by atoms with Gasteiger partial charge in [-0.3, -0.25) is 13.9 Å². The molecule has 0 spiro atoms. The number of amides is 2. The normalized spacial score (nSPS) is 11.8. The van der Waals surface area contributed by atoms with Crippen molar-refractivity contribution >= 4 is 27.5 Å². The van der Waals surface area contributed by atoms with Gasteiger partial charge in [0.1, 0.15) is 29.8 Å². The number of methoxy groups -OCH3 is 3. The first-order valence-electron chi connectivity index (χ1n) is 11.5. The van der Waals surface area contributed by atoms with Crippen LogP contribution in [0.15, 0.2) is 42.5 Å². The Morgan fingerprint density at radius 2 is 1.56 bits per heavy atom. The third-order valence-electron chi connectivity index (χ3n) is 5.58. The SMILES string of the molecule is CCNC(=O)C(CC)N(Cc1ccc(OC)cc1)C(=O)CN(c1ccc(OC)cc1OC)S(C)(=O)=O. The van der Waals surface area contributed by atoms with Crippen LogP contribution >= 0.6 is 0 Å². The molecule has 0 saturated carbocycles. The van der Waals surface area contributed by atoms with Crippen molar-refractivity contribution in [2.75, 3.05) is 45.0 Å². The highest BCUT2D eigenvalue weighted by Gasteiger charge is 2.32. The number of nitrogens with zero attached hydrogens (tertiary/aromatic N) is 2. The van der Waals surface area contributed by atoms with E-state index < -0.39 is 28.5 Å². The summed E-state index contributed by atoms with van der Waals surface area (Å²) in [5.41, 5.74) is 0.949. The zero-order valence-corrected chi connectivity index (χ0v) is 22.4. The number of carbonyl (C=O) groups excluding carboxylic acids is 2. The maximum absolute atomic E-state index is 13.7. The third-order valence-corrected chi connectivity index (χ3v) is 6.71. The largest absolute Gasteiger partial charge is 0.497 e. The molecule has 11 heteroatoms. The van der Waals surface area contributed by atoms with Gasteiger partial charge in [0.25, 0.3) is 0 Å². The van der Waals surface area contributed by atoms with Crippen molar-refractivity contribution in [3.8, 4) is 17.2 Å². The van der Waals surface area contributed by atoms with Crippen molar-refractivity contribution in [2.24, 2.45) is 0 Å². The third kappa shape index (κ3) is 7.27. The molecule has 36 heavy (non-hydrogen) atoms. The van der Waals surface area contributed by atoms with E-state index in [2.05, 4.69) is 5.32 Å². The highest BCUT2D eigenvalue weighted by atomic mass is 32.2. The summed E-state index contributed by atoms with van der Waals surface area (Å²) < 4.78 is 42.3. The Hall–Kier alpha value is -3.47. The van der Waals surface area contributed by atoms with Crippen molar-refractivity contribution in [2.45, 2.75) is 32.9 Å². The van der Waals surface area contributed by atoms with Gasteiger partial charge in [0.05, 0.1) is 33.3 Å². The van der Waals surface area contributed by atoms with Crippen LogP contribution in [-0.2, 0) is 26.2 Å². The Bertz CT molecular complexity index is 1140. The minimum atomic E-state index is -3.90. The number of hydrogen-bond donors (Lipinski definition) is 1.